The Morgan fingerprint density at radius 3 is 2.50 bits per heavy atom. The van der Waals surface area contributed by atoms with Gasteiger partial charge < -0.3 is 34.2 Å². The molecular weight excluding hydrogens is 558 g/mol. The lowest BCUT2D eigenvalue weighted by molar-refractivity contribution is -0.141. The lowest BCUT2D eigenvalue weighted by Gasteiger charge is -2.29. The van der Waals surface area contributed by atoms with Crippen LogP contribution in [0, 0.1) is 12.8 Å². The number of aromatic nitrogens is 2. The van der Waals surface area contributed by atoms with Gasteiger partial charge in [0.25, 0.3) is 0 Å². The molecule has 2 aromatic heterocycles. The molecule has 1 unspecified atom stereocenters. The van der Waals surface area contributed by atoms with Crippen LogP contribution >= 0.6 is 11.3 Å². The average molecular weight is 600 g/mol. The summed E-state index contributed by atoms with van der Waals surface area (Å²) < 4.78 is 16.2. The van der Waals surface area contributed by atoms with Crippen molar-refractivity contribution >= 4 is 29.0 Å². The first-order valence-corrected chi connectivity index (χ1v) is 14.9. The van der Waals surface area contributed by atoms with E-state index in [2.05, 4.69) is 15.5 Å². The topological polar surface area (TPSA) is 130 Å². The van der Waals surface area contributed by atoms with Crippen LogP contribution in [0.2, 0.25) is 0 Å². The molecule has 1 saturated heterocycles. The van der Waals surface area contributed by atoms with Gasteiger partial charge in [-0.15, -0.1) is 11.3 Å². The van der Waals surface area contributed by atoms with Crippen molar-refractivity contribution in [1.29, 1.82) is 0 Å². The van der Waals surface area contributed by atoms with Crippen LogP contribution in [0.25, 0.3) is 10.4 Å². The summed E-state index contributed by atoms with van der Waals surface area (Å²) in [5, 5.41) is 17.7. The van der Waals surface area contributed by atoms with E-state index in [1.54, 1.807) is 31.6 Å². The highest BCUT2D eigenvalue weighted by molar-refractivity contribution is 7.13. The molecular formula is C30H41N5O6S. The number of benzene rings is 1. The molecule has 2 amide bonds. The van der Waals surface area contributed by atoms with Gasteiger partial charge in [-0.05, 0) is 30.9 Å². The normalized spacial score (nSPS) is 18.5. The van der Waals surface area contributed by atoms with Gasteiger partial charge in [0.2, 0.25) is 11.8 Å². The number of aryl methyl sites for hydroxylation is 1. The van der Waals surface area contributed by atoms with Gasteiger partial charge in [-0.3, -0.25) is 9.59 Å². The van der Waals surface area contributed by atoms with Crippen molar-refractivity contribution in [3.8, 4) is 10.4 Å². The number of likely N-dealkylation sites (tertiary alicyclic amines) is 1. The van der Waals surface area contributed by atoms with Crippen LogP contribution in [-0.2, 0) is 19.1 Å². The van der Waals surface area contributed by atoms with Crippen LogP contribution in [0.15, 0.2) is 40.4 Å². The number of methoxy groups -OCH3 is 2. The van der Waals surface area contributed by atoms with E-state index in [1.807, 2.05) is 69.4 Å². The molecule has 0 radical (unpaired) electrons. The zero-order valence-corrected chi connectivity index (χ0v) is 26.1. The summed E-state index contributed by atoms with van der Waals surface area (Å²) in [5.41, 5.74) is 4.83. The van der Waals surface area contributed by atoms with Crippen LogP contribution in [0.1, 0.15) is 56.2 Å². The molecule has 1 aliphatic rings. The van der Waals surface area contributed by atoms with E-state index in [4.69, 9.17) is 14.0 Å². The highest BCUT2D eigenvalue weighted by Crippen LogP contribution is 2.33. The van der Waals surface area contributed by atoms with E-state index in [9.17, 15) is 14.7 Å². The molecule has 3 aromatic rings. The van der Waals surface area contributed by atoms with Crippen LogP contribution in [-0.4, -0.2) is 84.8 Å². The summed E-state index contributed by atoms with van der Waals surface area (Å²) in [4.78, 5) is 36.1. The molecule has 0 spiro atoms. The fraction of sp³-hybridized carbons (Fsp3) is 0.533. The first kappa shape index (κ1) is 31.6. The quantitative estimate of drug-likeness (QED) is 0.299. The predicted molar refractivity (Wildman–Crippen MR) is 160 cm³/mol. The fourth-order valence-corrected chi connectivity index (χ4v) is 6.09. The number of anilines is 1. The number of nitrogens with one attached hydrogen (secondary N) is 1. The van der Waals surface area contributed by atoms with Crippen molar-refractivity contribution in [2.24, 2.45) is 5.92 Å². The first-order chi connectivity index (χ1) is 20.0. The van der Waals surface area contributed by atoms with Crippen molar-refractivity contribution in [2.45, 2.75) is 64.5 Å². The zero-order valence-electron chi connectivity index (χ0n) is 25.2. The van der Waals surface area contributed by atoms with Gasteiger partial charge in [0.15, 0.2) is 17.9 Å². The molecule has 42 heavy (non-hydrogen) atoms. The molecule has 1 aliphatic heterocycles. The number of likely N-dealkylation sites (N-methyl/N-ethyl adjacent to an activating group) is 1. The number of aliphatic hydroxyl groups is 1. The number of amides is 2. The molecule has 2 N–H and O–H groups in total. The number of aliphatic hydroxyl groups excluding tert-OH is 1. The number of hydrogen-bond donors (Lipinski definition) is 2. The second-order valence-corrected chi connectivity index (χ2v) is 12.0. The molecule has 4 rings (SSSR count). The third kappa shape index (κ3) is 7.00. The number of nitrogens with zero attached hydrogens (tertiary/aromatic N) is 4. The zero-order chi connectivity index (χ0) is 30.6. The largest absolute Gasteiger partial charge is 0.391 e. The Morgan fingerprint density at radius 2 is 1.90 bits per heavy atom. The number of thiazole rings is 1. The summed E-state index contributed by atoms with van der Waals surface area (Å²) in [6, 6.07) is 8.65. The van der Waals surface area contributed by atoms with E-state index in [0.717, 1.165) is 21.7 Å². The van der Waals surface area contributed by atoms with Crippen LogP contribution < -0.4 is 10.2 Å². The molecule has 4 atom stereocenters. The van der Waals surface area contributed by atoms with Gasteiger partial charge in [-0.2, -0.15) is 0 Å². The maximum absolute atomic E-state index is 13.9. The third-order valence-electron chi connectivity index (χ3n) is 7.74. The Bertz CT molecular complexity index is 1340. The minimum atomic E-state index is -0.801. The highest BCUT2D eigenvalue weighted by Gasteiger charge is 2.43. The number of carbonyl (C=O) groups is 2. The van der Waals surface area contributed by atoms with Gasteiger partial charge in [0.1, 0.15) is 12.0 Å². The summed E-state index contributed by atoms with van der Waals surface area (Å²) in [6.07, 6.45) is -1.09. The Balaban J connectivity index is 1.46. The van der Waals surface area contributed by atoms with Crippen molar-refractivity contribution in [3.63, 3.8) is 0 Å². The van der Waals surface area contributed by atoms with Gasteiger partial charge in [0.05, 0.1) is 34.8 Å². The Hall–Kier alpha value is -3.32. The molecule has 1 aromatic carbocycles. The predicted octanol–water partition coefficient (Wildman–Crippen LogP) is 3.74. The van der Waals surface area contributed by atoms with E-state index < -0.39 is 24.4 Å². The molecule has 11 nitrogen and oxygen atoms in total. The van der Waals surface area contributed by atoms with Gasteiger partial charge >= 0.3 is 0 Å². The third-order valence-corrected chi connectivity index (χ3v) is 8.71. The number of rotatable bonds is 12. The van der Waals surface area contributed by atoms with E-state index >= 15 is 0 Å². The summed E-state index contributed by atoms with van der Waals surface area (Å²) >= 11 is 1.59. The van der Waals surface area contributed by atoms with Crippen LogP contribution in [0.3, 0.4) is 0 Å². The molecule has 3 heterocycles. The monoisotopic (exact) mass is 599 g/mol. The van der Waals surface area contributed by atoms with Crippen LogP contribution in [0.5, 0.6) is 0 Å². The minimum absolute atomic E-state index is 0.0711. The summed E-state index contributed by atoms with van der Waals surface area (Å²) in [6.45, 7) is 8.20. The highest BCUT2D eigenvalue weighted by atomic mass is 32.1. The van der Waals surface area contributed by atoms with Gasteiger partial charge in [-0.1, -0.05) is 43.3 Å². The molecule has 228 valence electrons. The molecule has 0 saturated carbocycles. The lowest BCUT2D eigenvalue weighted by Crippen LogP contribution is -2.48. The Labute approximate surface area is 250 Å². The van der Waals surface area contributed by atoms with Crippen molar-refractivity contribution in [2.75, 3.05) is 39.3 Å². The Morgan fingerprint density at radius 1 is 1.21 bits per heavy atom. The van der Waals surface area contributed by atoms with Gasteiger partial charge in [0, 0.05) is 40.3 Å². The Kier molecular flexibility index (Phi) is 10.4. The van der Waals surface area contributed by atoms with Crippen molar-refractivity contribution < 1.29 is 28.7 Å². The standard InChI is InChI=1S/C30H41N5O6S/c1-17(2)27(24-13-25(33-41-24)34(5)15-26(39-6)40-7)30(38)35-14-22(36)12-23(35)29(37)32-18(3)20-8-10-21(11-9-20)28-19(4)31-16-42-28/h8-11,13,16-18,22-23,26-27,36H,12,14-15H2,1-7H3,(H,32,37)/t18-,22+,23-,27?/m0/s1. The molecule has 0 aliphatic carbocycles. The summed E-state index contributed by atoms with van der Waals surface area (Å²) in [5.74, 6) is -0.482. The second-order valence-electron chi connectivity index (χ2n) is 11.1. The number of β-amino-alcohol motifs (C(OH)–C–C–N with tert-alkyl or cyclic N) is 1. The van der Waals surface area contributed by atoms with E-state index in [1.165, 1.54) is 4.90 Å². The van der Waals surface area contributed by atoms with Crippen molar-refractivity contribution in [1.82, 2.24) is 20.4 Å². The fourth-order valence-electron chi connectivity index (χ4n) is 5.28. The van der Waals surface area contributed by atoms with Gasteiger partial charge in [-0.25, -0.2) is 4.98 Å². The maximum atomic E-state index is 13.9. The molecule has 12 heteroatoms. The number of carbonyl (C=O) groups excluding carboxylic acids is 2. The smallest absolute Gasteiger partial charge is 0.243 e. The first-order valence-electron chi connectivity index (χ1n) is 14.1. The minimum Gasteiger partial charge on any atom is -0.391 e. The maximum Gasteiger partial charge on any atom is 0.243 e. The molecule has 1 fully saturated rings. The second kappa shape index (κ2) is 13.8. The number of hydrogen-bond acceptors (Lipinski definition) is 10. The number of ether oxygens (including phenoxy) is 2. The van der Waals surface area contributed by atoms with Crippen molar-refractivity contribution in [3.05, 3.63) is 52.9 Å². The SMILES string of the molecule is COC(CN(C)c1cc(C(C(=O)N2C[C@H](O)C[C@H]2C(=O)N[C@@H](C)c2ccc(-c3scnc3C)cc2)C(C)C)on1)OC. The van der Waals surface area contributed by atoms with Crippen LogP contribution in [0.4, 0.5) is 5.82 Å². The lowest BCUT2D eigenvalue weighted by atomic mass is 9.91. The molecule has 0 bridgehead atoms. The average Bonchev–Trinajstić information content (AvgIpc) is 3.71. The van der Waals surface area contributed by atoms with E-state index in [0.29, 0.717) is 18.1 Å². The summed E-state index contributed by atoms with van der Waals surface area (Å²) in [7, 11) is 4.94. The van der Waals surface area contributed by atoms with E-state index in [-0.39, 0.29) is 36.7 Å².